The van der Waals surface area contributed by atoms with Gasteiger partial charge in [0, 0.05) is 12.8 Å². The Morgan fingerprint density at radius 3 is 1.45 bits per heavy atom. The molecule has 0 aromatic carbocycles. The molecule has 110 valence electrons. The van der Waals surface area contributed by atoms with Gasteiger partial charge in [0.2, 0.25) is 0 Å². The maximum atomic E-state index is 11.1. The molecule has 10 heteroatoms. The van der Waals surface area contributed by atoms with Crippen LogP contribution in [0.4, 0.5) is 0 Å². The molecule has 9 nitrogen and oxygen atoms in total. The third-order valence-electron chi connectivity index (χ3n) is 2.18. The summed E-state index contributed by atoms with van der Waals surface area (Å²) in [6.07, 6.45) is -0.944. The molecule has 0 saturated carbocycles. The van der Waals surface area contributed by atoms with E-state index >= 15 is 0 Å². The van der Waals surface area contributed by atoms with Gasteiger partial charge in [0.25, 0.3) is 0 Å². The second kappa shape index (κ2) is 10.7. The van der Waals surface area contributed by atoms with Crippen LogP contribution in [0, 0.1) is 0 Å². The molecule has 2 atom stereocenters. The first-order valence-corrected chi connectivity index (χ1v) is 5.44. The fraction of sp³-hybridized carbons (Fsp3) is 0.600. The molecule has 0 unspecified atom stereocenters. The summed E-state index contributed by atoms with van der Waals surface area (Å²) in [5, 5.41) is 16.9. The summed E-state index contributed by atoms with van der Waals surface area (Å²) in [7, 11) is 0. The van der Waals surface area contributed by atoms with Crippen molar-refractivity contribution in [3.05, 3.63) is 0 Å². The van der Waals surface area contributed by atoms with Crippen molar-refractivity contribution in [2.45, 2.75) is 37.8 Å². The van der Waals surface area contributed by atoms with Crippen LogP contribution in [0.15, 0.2) is 0 Å². The first-order chi connectivity index (χ1) is 8.73. The Morgan fingerprint density at radius 1 is 0.900 bits per heavy atom. The van der Waals surface area contributed by atoms with Crippen molar-refractivity contribution in [3.8, 4) is 0 Å². The van der Waals surface area contributed by atoms with Gasteiger partial charge >= 0.3 is 53.4 Å². The van der Waals surface area contributed by atoms with Crippen LogP contribution in [0.1, 0.15) is 27.1 Å². The Morgan fingerprint density at radius 2 is 1.20 bits per heavy atom. The van der Waals surface area contributed by atoms with Crippen LogP contribution >= 0.6 is 0 Å². The first-order valence-electron chi connectivity index (χ1n) is 5.44. The number of nitrogens with two attached hydrogens (primary N) is 2. The second-order valence-corrected chi connectivity index (χ2v) is 3.81. The molecule has 0 aliphatic carbocycles. The number of rotatable bonds is 8. The summed E-state index contributed by atoms with van der Waals surface area (Å²) < 4.78 is 4.34. The van der Waals surface area contributed by atoms with E-state index in [2.05, 4.69) is 4.74 Å². The van der Waals surface area contributed by atoms with E-state index in [1.54, 1.807) is 0 Å². The minimum atomic E-state index is -1.26. The van der Waals surface area contributed by atoms with Gasteiger partial charge in [-0.05, 0) is 12.8 Å². The molecule has 0 bridgehead atoms. The van der Waals surface area contributed by atoms with Crippen LogP contribution in [0.25, 0.3) is 0 Å². The van der Waals surface area contributed by atoms with E-state index in [4.69, 9.17) is 21.7 Å². The van der Waals surface area contributed by atoms with E-state index in [9.17, 15) is 19.2 Å². The molecule has 0 aromatic rings. The first kappa shape index (κ1) is 21.3. The number of carboxylic acids is 2. The van der Waals surface area contributed by atoms with Crippen LogP contribution in [-0.4, -0.2) is 46.2 Å². The predicted octanol–water partition coefficient (Wildman–Crippen LogP) is -4.44. The third kappa shape index (κ3) is 9.87. The average molecular weight is 300 g/mol. The number of carbonyl (C=O) groups is 4. The van der Waals surface area contributed by atoms with Gasteiger partial charge in [-0.2, -0.15) is 0 Å². The second-order valence-electron chi connectivity index (χ2n) is 3.81. The van der Waals surface area contributed by atoms with Crippen molar-refractivity contribution in [1.29, 1.82) is 0 Å². The maximum Gasteiger partial charge on any atom is 1.00 e. The van der Waals surface area contributed by atoms with E-state index in [-0.39, 0.29) is 56.7 Å². The topological polar surface area (TPSA) is 170 Å². The standard InChI is InChI=1S/C10H16N2O7.Na.H/c11-5(9(15)16)1-3-7(13)19-8(14)4-2-6(12)10(17)18;;/h5-6H,1-4,11-12H2,(H,15,16)(H,17,18);;/q;+1;-1/t5-,6-;;/m0../s1. The molecule has 0 heterocycles. The largest absolute Gasteiger partial charge is 1.00 e. The van der Waals surface area contributed by atoms with Crippen LogP contribution in [0.5, 0.6) is 0 Å². The van der Waals surface area contributed by atoms with Gasteiger partial charge in [-0.25, -0.2) is 0 Å². The Labute approximate surface area is 138 Å². The predicted molar refractivity (Wildman–Crippen MR) is 61.9 cm³/mol. The maximum absolute atomic E-state index is 11.1. The monoisotopic (exact) mass is 300 g/mol. The van der Waals surface area contributed by atoms with Gasteiger partial charge in [0.1, 0.15) is 12.1 Å². The number of esters is 2. The molecule has 0 rings (SSSR count). The quantitative estimate of drug-likeness (QED) is 0.196. The molecule has 0 aromatic heterocycles. The zero-order chi connectivity index (χ0) is 15.0. The molecule has 20 heavy (non-hydrogen) atoms. The molecule has 0 aliphatic rings. The third-order valence-corrected chi connectivity index (χ3v) is 2.18. The number of carboxylic acid groups (broad SMARTS) is 2. The number of ether oxygens (including phenoxy) is 1. The smallest absolute Gasteiger partial charge is 1.00 e. The van der Waals surface area contributed by atoms with E-state index in [1.807, 2.05) is 0 Å². The van der Waals surface area contributed by atoms with Crippen LogP contribution in [0.3, 0.4) is 0 Å². The van der Waals surface area contributed by atoms with Crippen LogP contribution in [-0.2, 0) is 23.9 Å². The molecular weight excluding hydrogens is 283 g/mol. The minimum Gasteiger partial charge on any atom is -1.00 e. The molecule has 0 fully saturated rings. The Hall–Kier alpha value is -1.00. The Bertz CT molecular complexity index is 346. The fourth-order valence-electron chi connectivity index (χ4n) is 1.02. The minimum absolute atomic E-state index is 0. The van der Waals surface area contributed by atoms with Gasteiger partial charge in [-0.15, -0.1) is 0 Å². The van der Waals surface area contributed by atoms with Crippen molar-refractivity contribution in [2.24, 2.45) is 11.5 Å². The molecule has 0 spiro atoms. The van der Waals surface area contributed by atoms with E-state index in [0.29, 0.717) is 0 Å². The zero-order valence-corrected chi connectivity index (χ0v) is 13.1. The van der Waals surface area contributed by atoms with Gasteiger partial charge in [0.15, 0.2) is 0 Å². The fourth-order valence-corrected chi connectivity index (χ4v) is 1.02. The Balaban J connectivity index is -0.00000162. The summed E-state index contributed by atoms with van der Waals surface area (Å²) >= 11 is 0. The number of hydrogen-bond acceptors (Lipinski definition) is 7. The molecule has 0 radical (unpaired) electrons. The van der Waals surface area contributed by atoms with Crippen molar-refractivity contribution >= 4 is 23.9 Å². The number of aliphatic carboxylic acids is 2. The number of carbonyl (C=O) groups excluding carboxylic acids is 2. The summed E-state index contributed by atoms with van der Waals surface area (Å²) in [6.45, 7) is 0. The summed E-state index contributed by atoms with van der Waals surface area (Å²) in [5.74, 6) is -4.34. The molecule has 6 N–H and O–H groups in total. The van der Waals surface area contributed by atoms with Crippen molar-refractivity contribution in [1.82, 2.24) is 0 Å². The van der Waals surface area contributed by atoms with E-state index < -0.39 is 36.0 Å². The summed E-state index contributed by atoms with van der Waals surface area (Å²) in [5.41, 5.74) is 10.3. The van der Waals surface area contributed by atoms with E-state index in [1.165, 1.54) is 0 Å². The zero-order valence-electron chi connectivity index (χ0n) is 12.1. The molecule has 0 aliphatic heterocycles. The van der Waals surface area contributed by atoms with Crippen molar-refractivity contribution < 1.29 is 65.1 Å². The average Bonchev–Trinajstić information content (AvgIpc) is 2.32. The molecular formula is C10H17N2NaO7. The van der Waals surface area contributed by atoms with Gasteiger partial charge in [-0.1, -0.05) is 0 Å². The Kier molecular flexibility index (Phi) is 11.4. The molecule has 0 saturated heterocycles. The van der Waals surface area contributed by atoms with Crippen LogP contribution in [0.2, 0.25) is 0 Å². The number of hydrogen-bond donors (Lipinski definition) is 4. The molecule has 0 amide bonds. The SMILES string of the molecule is N[C@@H](CCC(=O)OC(=O)CC[C@H](N)C(=O)O)C(=O)O.[H-].[Na+]. The summed E-state index contributed by atoms with van der Waals surface area (Å²) in [4.78, 5) is 43.0. The normalized spacial score (nSPS) is 12.7. The van der Waals surface area contributed by atoms with Gasteiger partial charge in [0.05, 0.1) is 0 Å². The van der Waals surface area contributed by atoms with Gasteiger partial charge in [-0.3, -0.25) is 19.2 Å². The van der Waals surface area contributed by atoms with Crippen LogP contribution < -0.4 is 41.0 Å². The van der Waals surface area contributed by atoms with Crippen molar-refractivity contribution in [3.63, 3.8) is 0 Å². The van der Waals surface area contributed by atoms with Gasteiger partial charge < -0.3 is 27.8 Å². The van der Waals surface area contributed by atoms with E-state index in [0.717, 1.165) is 0 Å². The summed E-state index contributed by atoms with van der Waals surface area (Å²) in [6, 6.07) is -2.41. The van der Waals surface area contributed by atoms with Crippen molar-refractivity contribution in [2.75, 3.05) is 0 Å².